The minimum Gasteiger partial charge on any atom is -0.358 e. The van der Waals surface area contributed by atoms with Crippen molar-refractivity contribution in [3.8, 4) is 0 Å². The first-order chi connectivity index (χ1) is 12.4. The summed E-state index contributed by atoms with van der Waals surface area (Å²) in [7, 11) is 0. The van der Waals surface area contributed by atoms with Crippen LogP contribution in [0.5, 0.6) is 0 Å². The zero-order valence-corrected chi connectivity index (χ0v) is 13.9. The minimum atomic E-state index is -4.38. The van der Waals surface area contributed by atoms with Crippen LogP contribution in [0.15, 0.2) is 48.5 Å². The number of aryl methyl sites for hydroxylation is 1. The van der Waals surface area contributed by atoms with Gasteiger partial charge in [0.15, 0.2) is 0 Å². The number of para-hydroxylation sites is 1. The predicted molar refractivity (Wildman–Crippen MR) is 93.9 cm³/mol. The Morgan fingerprint density at radius 1 is 1.08 bits per heavy atom. The van der Waals surface area contributed by atoms with Crippen LogP contribution in [0.3, 0.4) is 0 Å². The molecular weight excluding hydrogens is 341 g/mol. The zero-order valence-electron chi connectivity index (χ0n) is 13.9. The Morgan fingerprint density at radius 2 is 1.81 bits per heavy atom. The van der Waals surface area contributed by atoms with Crippen molar-refractivity contribution in [1.29, 1.82) is 0 Å². The van der Waals surface area contributed by atoms with Crippen molar-refractivity contribution in [3.05, 3.63) is 65.4 Å². The molecule has 2 aromatic carbocycles. The van der Waals surface area contributed by atoms with Crippen molar-refractivity contribution >= 4 is 22.5 Å². The third-order valence-electron chi connectivity index (χ3n) is 4.95. The van der Waals surface area contributed by atoms with Crippen LogP contribution in [0, 0.1) is 5.92 Å². The van der Waals surface area contributed by atoms with Crippen LogP contribution in [-0.4, -0.2) is 10.9 Å². The minimum absolute atomic E-state index is 0.152. The Kier molecular flexibility index (Phi) is 3.98. The number of aromatic amines is 1. The summed E-state index contributed by atoms with van der Waals surface area (Å²) in [6, 6.07) is 12.6. The Bertz CT molecular complexity index is 957. The summed E-state index contributed by atoms with van der Waals surface area (Å²) in [5.74, 6) is -0.343. The molecule has 1 amide bonds. The van der Waals surface area contributed by atoms with Gasteiger partial charge < -0.3 is 10.3 Å². The first-order valence-corrected chi connectivity index (χ1v) is 8.48. The number of nitrogens with one attached hydrogen (secondary N) is 2. The summed E-state index contributed by atoms with van der Waals surface area (Å²) in [6.07, 6.45) is -2.25. The normalized spacial score (nSPS) is 17.1. The molecule has 1 aromatic heterocycles. The highest BCUT2D eigenvalue weighted by atomic mass is 19.4. The summed E-state index contributed by atoms with van der Waals surface area (Å²) < 4.78 is 37.9. The van der Waals surface area contributed by atoms with Gasteiger partial charge in [-0.05, 0) is 55.2 Å². The molecule has 0 bridgehead atoms. The predicted octanol–water partition coefficient (Wildman–Crippen LogP) is 4.93. The highest BCUT2D eigenvalue weighted by Crippen LogP contribution is 2.33. The van der Waals surface area contributed by atoms with E-state index in [-0.39, 0.29) is 11.8 Å². The SMILES string of the molecule is O=C(Nc1ccc(C(F)(F)F)cc1)C1CCc2[nH]c3ccccc3c2C1. The highest BCUT2D eigenvalue weighted by Gasteiger charge is 2.30. The molecule has 0 saturated heterocycles. The van der Waals surface area contributed by atoms with Gasteiger partial charge in [0.25, 0.3) is 0 Å². The number of benzene rings is 2. The second-order valence-electron chi connectivity index (χ2n) is 6.63. The fourth-order valence-electron chi connectivity index (χ4n) is 3.58. The van der Waals surface area contributed by atoms with E-state index < -0.39 is 11.7 Å². The van der Waals surface area contributed by atoms with E-state index in [4.69, 9.17) is 0 Å². The molecule has 6 heteroatoms. The van der Waals surface area contributed by atoms with Gasteiger partial charge in [0.1, 0.15) is 0 Å². The van der Waals surface area contributed by atoms with Gasteiger partial charge in [-0.1, -0.05) is 18.2 Å². The summed E-state index contributed by atoms with van der Waals surface area (Å²) in [5, 5.41) is 3.88. The molecule has 1 heterocycles. The Balaban J connectivity index is 1.49. The van der Waals surface area contributed by atoms with Crippen molar-refractivity contribution in [2.75, 3.05) is 5.32 Å². The molecule has 3 nitrogen and oxygen atoms in total. The van der Waals surface area contributed by atoms with Gasteiger partial charge in [-0.2, -0.15) is 13.2 Å². The lowest BCUT2D eigenvalue weighted by Gasteiger charge is -2.22. The van der Waals surface area contributed by atoms with Crippen LogP contribution >= 0.6 is 0 Å². The molecule has 1 aliphatic rings. The maximum Gasteiger partial charge on any atom is 0.416 e. The van der Waals surface area contributed by atoms with E-state index in [1.807, 2.05) is 24.3 Å². The Morgan fingerprint density at radius 3 is 2.54 bits per heavy atom. The molecular formula is C20H17F3N2O. The molecule has 1 atom stereocenters. The van der Waals surface area contributed by atoms with Crippen molar-refractivity contribution in [3.63, 3.8) is 0 Å². The van der Waals surface area contributed by atoms with Crippen LogP contribution in [-0.2, 0) is 23.8 Å². The average Bonchev–Trinajstić information content (AvgIpc) is 2.99. The molecule has 26 heavy (non-hydrogen) atoms. The number of hydrogen-bond acceptors (Lipinski definition) is 1. The third kappa shape index (κ3) is 3.07. The van der Waals surface area contributed by atoms with E-state index in [1.54, 1.807) is 0 Å². The topological polar surface area (TPSA) is 44.9 Å². The fourth-order valence-corrected chi connectivity index (χ4v) is 3.58. The number of halogens is 3. The summed E-state index contributed by atoms with van der Waals surface area (Å²) >= 11 is 0. The fraction of sp³-hybridized carbons (Fsp3) is 0.250. The molecule has 0 saturated carbocycles. The molecule has 0 spiro atoms. The lowest BCUT2D eigenvalue weighted by molar-refractivity contribution is -0.137. The maximum atomic E-state index is 12.6. The van der Waals surface area contributed by atoms with Crippen LogP contribution in [0.1, 0.15) is 23.2 Å². The monoisotopic (exact) mass is 358 g/mol. The first kappa shape index (κ1) is 16.7. The van der Waals surface area contributed by atoms with E-state index in [1.165, 1.54) is 23.4 Å². The molecule has 3 aromatic rings. The summed E-state index contributed by atoms with van der Waals surface area (Å²) in [6.45, 7) is 0. The number of carbonyl (C=O) groups is 1. The zero-order chi connectivity index (χ0) is 18.3. The summed E-state index contributed by atoms with van der Waals surface area (Å²) in [4.78, 5) is 16.0. The maximum absolute atomic E-state index is 12.6. The van der Waals surface area contributed by atoms with E-state index in [0.717, 1.165) is 29.5 Å². The van der Waals surface area contributed by atoms with E-state index in [9.17, 15) is 18.0 Å². The van der Waals surface area contributed by atoms with Crippen molar-refractivity contribution in [1.82, 2.24) is 4.98 Å². The lowest BCUT2D eigenvalue weighted by atomic mass is 9.86. The second kappa shape index (κ2) is 6.20. The van der Waals surface area contributed by atoms with Crippen LogP contribution in [0.2, 0.25) is 0 Å². The standard InChI is InChI=1S/C20H17F3N2O/c21-20(22,23)13-6-8-14(9-7-13)24-19(26)12-5-10-18-16(11-12)15-3-1-2-4-17(15)25-18/h1-4,6-9,12,25H,5,10-11H2,(H,24,26). The Hall–Kier alpha value is -2.76. The number of rotatable bonds is 2. The van der Waals surface area contributed by atoms with E-state index >= 15 is 0 Å². The summed E-state index contributed by atoms with van der Waals surface area (Å²) in [5.41, 5.74) is 3.06. The molecule has 134 valence electrons. The van der Waals surface area contributed by atoms with Crippen LogP contribution < -0.4 is 5.32 Å². The number of aromatic nitrogens is 1. The third-order valence-corrected chi connectivity index (χ3v) is 4.95. The highest BCUT2D eigenvalue weighted by molar-refractivity contribution is 5.94. The van der Waals surface area contributed by atoms with Gasteiger partial charge in [0.2, 0.25) is 5.91 Å². The van der Waals surface area contributed by atoms with Gasteiger partial charge in [0, 0.05) is 28.2 Å². The van der Waals surface area contributed by atoms with Crippen molar-refractivity contribution in [2.45, 2.75) is 25.4 Å². The van der Waals surface area contributed by atoms with Gasteiger partial charge in [-0.25, -0.2) is 0 Å². The number of amides is 1. The second-order valence-corrected chi connectivity index (χ2v) is 6.63. The number of H-pyrrole nitrogens is 1. The molecule has 4 rings (SSSR count). The molecule has 0 fully saturated rings. The number of alkyl halides is 3. The molecule has 1 unspecified atom stereocenters. The largest absolute Gasteiger partial charge is 0.416 e. The van der Waals surface area contributed by atoms with Gasteiger partial charge >= 0.3 is 6.18 Å². The van der Waals surface area contributed by atoms with Gasteiger partial charge in [-0.3, -0.25) is 4.79 Å². The molecule has 1 aliphatic carbocycles. The van der Waals surface area contributed by atoms with Crippen LogP contribution in [0.25, 0.3) is 10.9 Å². The lowest BCUT2D eigenvalue weighted by Crippen LogP contribution is -2.28. The number of fused-ring (bicyclic) bond motifs is 3. The van der Waals surface area contributed by atoms with Crippen LogP contribution in [0.4, 0.5) is 18.9 Å². The number of anilines is 1. The van der Waals surface area contributed by atoms with Crippen molar-refractivity contribution < 1.29 is 18.0 Å². The number of hydrogen-bond donors (Lipinski definition) is 2. The van der Waals surface area contributed by atoms with Crippen molar-refractivity contribution in [2.24, 2.45) is 5.92 Å². The van der Waals surface area contributed by atoms with Gasteiger partial charge in [0.05, 0.1) is 5.56 Å². The van der Waals surface area contributed by atoms with E-state index in [0.29, 0.717) is 18.5 Å². The average molecular weight is 358 g/mol. The van der Waals surface area contributed by atoms with E-state index in [2.05, 4.69) is 10.3 Å². The smallest absolute Gasteiger partial charge is 0.358 e. The molecule has 2 N–H and O–H groups in total. The molecule has 0 radical (unpaired) electrons. The number of carbonyl (C=O) groups excluding carboxylic acids is 1. The first-order valence-electron chi connectivity index (χ1n) is 8.48. The van der Waals surface area contributed by atoms with Gasteiger partial charge in [-0.15, -0.1) is 0 Å². The Labute approximate surface area is 148 Å². The molecule has 0 aliphatic heterocycles. The quantitative estimate of drug-likeness (QED) is 0.670.